The first-order chi connectivity index (χ1) is 7.13. The molecule has 1 aromatic carbocycles. The molecule has 4 heteroatoms. The minimum absolute atomic E-state index is 0.127. The Kier molecular flexibility index (Phi) is 5.37. The standard InChI is InChI=1S/C11H14Cl2FN/c1-2-9(12)7-15-6-8-3-4-10(13)11(14)5-8/h3-5,9,15H,2,6-7H2,1H3. The van der Waals surface area contributed by atoms with E-state index in [1.54, 1.807) is 12.1 Å². The summed E-state index contributed by atoms with van der Waals surface area (Å²) in [5.41, 5.74) is 0.872. The molecule has 0 saturated carbocycles. The Morgan fingerprint density at radius 3 is 2.80 bits per heavy atom. The lowest BCUT2D eigenvalue weighted by molar-refractivity contribution is 0.616. The number of hydrogen-bond acceptors (Lipinski definition) is 1. The zero-order valence-electron chi connectivity index (χ0n) is 8.56. The zero-order chi connectivity index (χ0) is 11.3. The van der Waals surface area contributed by atoms with Crippen LogP contribution >= 0.6 is 23.2 Å². The molecule has 1 unspecified atom stereocenters. The fourth-order valence-electron chi connectivity index (χ4n) is 1.17. The summed E-state index contributed by atoms with van der Waals surface area (Å²) in [6.45, 7) is 3.36. The third-order valence-electron chi connectivity index (χ3n) is 2.12. The van der Waals surface area contributed by atoms with E-state index in [1.165, 1.54) is 6.07 Å². The first kappa shape index (κ1) is 12.8. The van der Waals surface area contributed by atoms with Gasteiger partial charge in [0.05, 0.1) is 5.02 Å². The number of alkyl halides is 1. The normalized spacial score (nSPS) is 12.8. The summed E-state index contributed by atoms with van der Waals surface area (Å²) in [6.07, 6.45) is 0.920. The maximum absolute atomic E-state index is 13.0. The second-order valence-electron chi connectivity index (χ2n) is 3.38. The summed E-state index contributed by atoms with van der Waals surface area (Å²) in [6, 6.07) is 4.80. The molecule has 0 aliphatic rings. The summed E-state index contributed by atoms with van der Waals surface area (Å²) in [4.78, 5) is 0. The molecule has 0 aliphatic carbocycles. The van der Waals surface area contributed by atoms with Gasteiger partial charge in [-0.2, -0.15) is 0 Å². The van der Waals surface area contributed by atoms with Gasteiger partial charge in [0, 0.05) is 18.5 Å². The van der Waals surface area contributed by atoms with Gasteiger partial charge in [0.25, 0.3) is 0 Å². The highest BCUT2D eigenvalue weighted by atomic mass is 35.5. The number of rotatable bonds is 5. The molecule has 1 aromatic rings. The quantitative estimate of drug-likeness (QED) is 0.787. The second kappa shape index (κ2) is 6.31. The van der Waals surface area contributed by atoms with E-state index < -0.39 is 0 Å². The SMILES string of the molecule is CCC(Cl)CNCc1ccc(Cl)c(F)c1. The van der Waals surface area contributed by atoms with Gasteiger partial charge in [-0.3, -0.25) is 0 Å². The topological polar surface area (TPSA) is 12.0 Å². The highest BCUT2D eigenvalue weighted by Gasteiger charge is 2.02. The molecule has 0 bridgehead atoms. The van der Waals surface area contributed by atoms with E-state index in [0.29, 0.717) is 6.54 Å². The van der Waals surface area contributed by atoms with Crippen molar-refractivity contribution in [2.24, 2.45) is 0 Å². The average Bonchev–Trinajstić information content (AvgIpc) is 2.23. The molecule has 0 fully saturated rings. The van der Waals surface area contributed by atoms with Gasteiger partial charge in [-0.1, -0.05) is 24.6 Å². The van der Waals surface area contributed by atoms with Gasteiger partial charge in [-0.15, -0.1) is 11.6 Å². The van der Waals surface area contributed by atoms with Crippen molar-refractivity contribution in [3.05, 3.63) is 34.6 Å². The Balaban J connectivity index is 2.41. The first-order valence-corrected chi connectivity index (χ1v) is 5.73. The Hall–Kier alpha value is -0.310. The zero-order valence-corrected chi connectivity index (χ0v) is 10.1. The molecule has 1 atom stereocenters. The minimum atomic E-state index is -0.381. The molecule has 0 radical (unpaired) electrons. The first-order valence-electron chi connectivity index (χ1n) is 4.92. The lowest BCUT2D eigenvalue weighted by atomic mass is 10.2. The van der Waals surface area contributed by atoms with E-state index in [-0.39, 0.29) is 16.2 Å². The third-order valence-corrected chi connectivity index (χ3v) is 2.89. The molecule has 0 saturated heterocycles. The van der Waals surface area contributed by atoms with Crippen molar-refractivity contribution >= 4 is 23.2 Å². The van der Waals surface area contributed by atoms with Crippen molar-refractivity contribution < 1.29 is 4.39 Å². The van der Waals surface area contributed by atoms with Gasteiger partial charge >= 0.3 is 0 Å². The van der Waals surface area contributed by atoms with Crippen LogP contribution in [0.25, 0.3) is 0 Å². The monoisotopic (exact) mass is 249 g/mol. The van der Waals surface area contributed by atoms with Gasteiger partial charge in [0.2, 0.25) is 0 Å². The molecule has 0 aromatic heterocycles. The molecular weight excluding hydrogens is 236 g/mol. The van der Waals surface area contributed by atoms with E-state index in [1.807, 2.05) is 6.92 Å². The highest BCUT2D eigenvalue weighted by molar-refractivity contribution is 6.30. The van der Waals surface area contributed by atoms with Gasteiger partial charge in [-0.25, -0.2) is 4.39 Å². The molecule has 1 nitrogen and oxygen atoms in total. The number of benzene rings is 1. The van der Waals surface area contributed by atoms with Gasteiger partial charge < -0.3 is 5.32 Å². The predicted molar refractivity (Wildman–Crippen MR) is 63.0 cm³/mol. The maximum Gasteiger partial charge on any atom is 0.142 e. The minimum Gasteiger partial charge on any atom is -0.311 e. The Bertz CT molecular complexity index is 317. The molecule has 0 amide bonds. The predicted octanol–water partition coefficient (Wildman–Crippen LogP) is 3.59. The summed E-state index contributed by atoms with van der Waals surface area (Å²) in [7, 11) is 0. The molecule has 15 heavy (non-hydrogen) atoms. The van der Waals surface area contributed by atoms with Crippen LogP contribution in [0.5, 0.6) is 0 Å². The van der Waals surface area contributed by atoms with Crippen LogP contribution < -0.4 is 5.32 Å². The largest absolute Gasteiger partial charge is 0.311 e. The van der Waals surface area contributed by atoms with Crippen molar-refractivity contribution in [2.45, 2.75) is 25.3 Å². The number of nitrogens with one attached hydrogen (secondary N) is 1. The van der Waals surface area contributed by atoms with Crippen molar-refractivity contribution in [1.82, 2.24) is 5.32 Å². The molecule has 0 heterocycles. The second-order valence-corrected chi connectivity index (χ2v) is 4.41. The Morgan fingerprint density at radius 2 is 2.20 bits per heavy atom. The van der Waals surface area contributed by atoms with Crippen molar-refractivity contribution in [1.29, 1.82) is 0 Å². The fourth-order valence-corrected chi connectivity index (χ4v) is 1.39. The lowest BCUT2D eigenvalue weighted by Crippen LogP contribution is -2.22. The van der Waals surface area contributed by atoms with E-state index in [9.17, 15) is 4.39 Å². The Labute approximate surface area is 99.6 Å². The lowest BCUT2D eigenvalue weighted by Gasteiger charge is -2.08. The van der Waals surface area contributed by atoms with Crippen LogP contribution in [0.3, 0.4) is 0 Å². The summed E-state index contributed by atoms with van der Waals surface area (Å²) >= 11 is 11.5. The molecule has 84 valence electrons. The van der Waals surface area contributed by atoms with Crippen LogP contribution in [0, 0.1) is 5.82 Å². The molecular formula is C11H14Cl2FN. The highest BCUT2D eigenvalue weighted by Crippen LogP contribution is 2.15. The van der Waals surface area contributed by atoms with Crippen LogP contribution in [0.2, 0.25) is 5.02 Å². The Morgan fingerprint density at radius 1 is 1.47 bits per heavy atom. The van der Waals surface area contributed by atoms with Crippen LogP contribution in [0.4, 0.5) is 4.39 Å². The van der Waals surface area contributed by atoms with Crippen molar-refractivity contribution in [2.75, 3.05) is 6.54 Å². The van der Waals surface area contributed by atoms with E-state index >= 15 is 0 Å². The molecule has 1 N–H and O–H groups in total. The van der Waals surface area contributed by atoms with Gasteiger partial charge in [0.15, 0.2) is 0 Å². The smallest absolute Gasteiger partial charge is 0.142 e. The fraction of sp³-hybridized carbons (Fsp3) is 0.455. The van der Waals surface area contributed by atoms with Gasteiger partial charge in [0.1, 0.15) is 5.82 Å². The maximum atomic E-state index is 13.0. The van der Waals surface area contributed by atoms with Crippen LogP contribution in [-0.4, -0.2) is 11.9 Å². The summed E-state index contributed by atoms with van der Waals surface area (Å²) < 4.78 is 13.0. The molecule has 1 rings (SSSR count). The summed E-state index contributed by atoms with van der Waals surface area (Å²) in [5, 5.41) is 3.44. The summed E-state index contributed by atoms with van der Waals surface area (Å²) in [5.74, 6) is -0.381. The number of hydrogen-bond donors (Lipinski definition) is 1. The van der Waals surface area contributed by atoms with Crippen LogP contribution in [0.15, 0.2) is 18.2 Å². The molecule has 0 aliphatic heterocycles. The third kappa shape index (κ3) is 4.37. The van der Waals surface area contributed by atoms with Gasteiger partial charge in [-0.05, 0) is 24.1 Å². The van der Waals surface area contributed by atoms with Crippen molar-refractivity contribution in [3.63, 3.8) is 0 Å². The van der Waals surface area contributed by atoms with Crippen molar-refractivity contribution in [3.8, 4) is 0 Å². The average molecular weight is 250 g/mol. The van der Waals surface area contributed by atoms with Crippen LogP contribution in [-0.2, 0) is 6.54 Å². The number of halogens is 3. The van der Waals surface area contributed by atoms with Crippen LogP contribution in [0.1, 0.15) is 18.9 Å². The molecule has 0 spiro atoms. The van der Waals surface area contributed by atoms with E-state index in [4.69, 9.17) is 23.2 Å². The van der Waals surface area contributed by atoms with E-state index in [2.05, 4.69) is 5.32 Å². The van der Waals surface area contributed by atoms with E-state index in [0.717, 1.165) is 18.5 Å².